The lowest BCUT2D eigenvalue weighted by atomic mass is 9.89. The first-order valence-electron chi connectivity index (χ1n) is 15.7. The maximum absolute atomic E-state index is 12.1. The Morgan fingerprint density at radius 1 is 0.979 bits per heavy atom. The van der Waals surface area contributed by atoms with Crippen LogP contribution in [-0.2, 0) is 38.1 Å². The van der Waals surface area contributed by atoms with E-state index in [9.17, 15) is 40.5 Å². The number of aliphatic hydroxyl groups is 7. The molecule has 0 aromatic rings. The Labute approximate surface area is 273 Å². The molecule has 19 nitrogen and oxygen atoms in total. The minimum Gasteiger partial charge on any atom is -0.394 e. The van der Waals surface area contributed by atoms with Crippen molar-refractivity contribution in [3.8, 4) is 0 Å². The molecule has 0 aliphatic carbocycles. The average Bonchev–Trinajstić information content (AvgIpc) is 3.05. The highest BCUT2D eigenvalue weighted by atomic mass is 16.7. The molecule has 2 rings (SSSR count). The molecule has 0 saturated carbocycles. The highest BCUT2D eigenvalue weighted by molar-refractivity contribution is 5.73. The number of hydrogen-bond donors (Lipinski definition) is 10. The van der Waals surface area contributed by atoms with Crippen molar-refractivity contribution in [3.63, 3.8) is 0 Å². The summed E-state index contributed by atoms with van der Waals surface area (Å²) in [6.07, 6.45) is -12.6. The summed E-state index contributed by atoms with van der Waals surface area (Å²) >= 11 is 0. The van der Waals surface area contributed by atoms with Gasteiger partial charge in [0.2, 0.25) is 5.91 Å². The molecule has 1 amide bonds. The largest absolute Gasteiger partial charge is 0.394 e. The average molecular weight is 687 g/mol. The van der Waals surface area contributed by atoms with Crippen LogP contribution in [0.25, 0.3) is 0 Å². The minimum atomic E-state index is -1.73. The van der Waals surface area contributed by atoms with E-state index in [2.05, 4.69) is 10.5 Å². The zero-order valence-corrected chi connectivity index (χ0v) is 27.0. The molecule has 0 spiro atoms. The summed E-state index contributed by atoms with van der Waals surface area (Å²) in [5.41, 5.74) is 12.1. The molecule has 2 aliphatic heterocycles. The minimum absolute atomic E-state index is 0.0692. The molecule has 19 heteroatoms. The number of rotatable bonds is 21. The van der Waals surface area contributed by atoms with Crippen LogP contribution in [-0.4, -0.2) is 180 Å². The van der Waals surface area contributed by atoms with Crippen molar-refractivity contribution in [3.05, 3.63) is 0 Å². The Bertz CT molecular complexity index is 908. The van der Waals surface area contributed by atoms with E-state index in [1.54, 1.807) is 6.92 Å². The maximum Gasteiger partial charge on any atom is 0.217 e. The van der Waals surface area contributed by atoms with Gasteiger partial charge in [0.15, 0.2) is 12.6 Å². The van der Waals surface area contributed by atoms with E-state index in [1.807, 2.05) is 6.92 Å². The van der Waals surface area contributed by atoms with Crippen molar-refractivity contribution in [1.82, 2.24) is 5.32 Å². The fourth-order valence-electron chi connectivity index (χ4n) is 5.04. The van der Waals surface area contributed by atoms with Crippen molar-refractivity contribution in [1.29, 1.82) is 0 Å². The highest BCUT2D eigenvalue weighted by Gasteiger charge is 2.51. The topological polar surface area (TPSA) is 300 Å². The van der Waals surface area contributed by atoms with E-state index in [-0.39, 0.29) is 13.2 Å². The second kappa shape index (κ2) is 21.4. The predicted molar refractivity (Wildman–Crippen MR) is 161 cm³/mol. The molecule has 0 aromatic carbocycles. The second-order valence-electron chi connectivity index (χ2n) is 11.4. The SMILES string of the molecule is CCCOCCOCCO/N=C/C(N)C(O)C(OC1OC(CO)C(OC2OC(CO)C(C)C(O)C2N)C(O)C1NC(C)=O)C(O)CO. The number of hydrogen-bond acceptors (Lipinski definition) is 18. The highest BCUT2D eigenvalue weighted by Crippen LogP contribution is 2.31. The molecule has 2 saturated heterocycles. The van der Waals surface area contributed by atoms with Crippen LogP contribution >= 0.6 is 0 Å². The maximum atomic E-state index is 12.1. The van der Waals surface area contributed by atoms with Gasteiger partial charge in [0.25, 0.3) is 0 Å². The van der Waals surface area contributed by atoms with Crippen LogP contribution in [0.4, 0.5) is 0 Å². The predicted octanol–water partition coefficient (Wildman–Crippen LogP) is -5.13. The molecule has 2 fully saturated rings. The first-order chi connectivity index (χ1) is 22.4. The van der Waals surface area contributed by atoms with Gasteiger partial charge in [-0.3, -0.25) is 4.79 Å². The van der Waals surface area contributed by atoms with E-state index < -0.39 is 111 Å². The van der Waals surface area contributed by atoms with Gasteiger partial charge in [0.1, 0.15) is 49.3 Å². The number of nitrogens with two attached hydrogens (primary N) is 2. The molecule has 14 atom stereocenters. The van der Waals surface area contributed by atoms with Crippen LogP contribution in [0.15, 0.2) is 5.16 Å². The van der Waals surface area contributed by atoms with Gasteiger partial charge in [-0.25, -0.2) is 0 Å². The summed E-state index contributed by atoms with van der Waals surface area (Å²) in [6.45, 7) is 4.41. The quantitative estimate of drug-likeness (QED) is 0.0307. The molecular weight excluding hydrogens is 632 g/mol. The summed E-state index contributed by atoms with van der Waals surface area (Å²) in [5, 5.41) is 79.0. The number of oxime groups is 1. The number of aliphatic hydroxyl groups excluding tert-OH is 7. The number of ether oxygens (including phenoxy) is 6. The van der Waals surface area contributed by atoms with Crippen molar-refractivity contribution in [2.75, 3.05) is 52.9 Å². The van der Waals surface area contributed by atoms with Gasteiger partial charge < -0.3 is 85.8 Å². The van der Waals surface area contributed by atoms with Crippen molar-refractivity contribution < 1.29 is 73.8 Å². The zero-order chi connectivity index (χ0) is 35.1. The van der Waals surface area contributed by atoms with Gasteiger partial charge in [0, 0.05) is 19.4 Å². The number of amides is 1. The van der Waals surface area contributed by atoms with Crippen LogP contribution < -0.4 is 16.8 Å². The molecule has 12 N–H and O–H groups in total. The molecule has 0 radical (unpaired) electrons. The number of nitrogens with zero attached hydrogens (tertiary/aromatic N) is 1. The standard InChI is InChI=1S/C28H54N4O15/c1-4-5-41-6-7-42-8-9-43-31-10-16(29)23(39)25(17(37)11-33)46-28-21(32-15(3)36)24(40)26(19(13-35)45-28)47-27-20(30)22(38)14(2)18(12-34)44-27/h10,14,16-28,33-35,37-40H,4-9,11-13,29-30H2,1-3H3,(H,32,36)/b31-10+. The van der Waals surface area contributed by atoms with E-state index in [0.29, 0.717) is 19.8 Å². The van der Waals surface area contributed by atoms with Crippen molar-refractivity contribution in [2.24, 2.45) is 22.5 Å². The molecule has 2 aliphatic rings. The van der Waals surface area contributed by atoms with Crippen LogP contribution in [0, 0.1) is 5.92 Å². The number of carbonyl (C=O) groups excluding carboxylic acids is 1. The Morgan fingerprint density at radius 2 is 1.60 bits per heavy atom. The number of carbonyl (C=O) groups is 1. The summed E-state index contributed by atoms with van der Waals surface area (Å²) in [6, 6.07) is -3.85. The van der Waals surface area contributed by atoms with Crippen LogP contribution in [0.1, 0.15) is 27.2 Å². The molecule has 47 heavy (non-hydrogen) atoms. The van der Waals surface area contributed by atoms with Crippen molar-refractivity contribution >= 4 is 12.1 Å². The fourth-order valence-corrected chi connectivity index (χ4v) is 5.04. The lowest BCUT2D eigenvalue weighted by molar-refractivity contribution is -0.336. The van der Waals surface area contributed by atoms with Crippen LogP contribution in [0.2, 0.25) is 0 Å². The molecule has 276 valence electrons. The Hall–Kier alpha value is -1.66. The van der Waals surface area contributed by atoms with Gasteiger partial charge in [-0.05, 0) is 6.42 Å². The normalized spacial score (nSPS) is 34.1. The molecular formula is C28H54N4O15. The molecule has 0 aromatic heterocycles. The third-order valence-electron chi connectivity index (χ3n) is 7.77. The van der Waals surface area contributed by atoms with Gasteiger partial charge in [-0.1, -0.05) is 19.0 Å². The monoisotopic (exact) mass is 686 g/mol. The molecule has 2 heterocycles. The number of nitrogens with one attached hydrogen (secondary N) is 1. The first kappa shape index (κ1) is 41.5. The Morgan fingerprint density at radius 3 is 2.19 bits per heavy atom. The van der Waals surface area contributed by atoms with Gasteiger partial charge in [0.05, 0.1) is 70.1 Å². The lowest BCUT2D eigenvalue weighted by Gasteiger charge is -2.48. The summed E-state index contributed by atoms with van der Waals surface area (Å²) in [5.74, 6) is -1.18. The summed E-state index contributed by atoms with van der Waals surface area (Å²) in [7, 11) is 0. The van der Waals surface area contributed by atoms with E-state index >= 15 is 0 Å². The lowest BCUT2D eigenvalue weighted by Crippen LogP contribution is -2.68. The van der Waals surface area contributed by atoms with Gasteiger partial charge >= 0.3 is 0 Å². The molecule has 0 bridgehead atoms. The Balaban J connectivity index is 2.12. The van der Waals surface area contributed by atoms with Gasteiger partial charge in [-0.2, -0.15) is 0 Å². The third-order valence-corrected chi connectivity index (χ3v) is 7.77. The third kappa shape index (κ3) is 12.3. The Kier molecular flexibility index (Phi) is 18.9. The summed E-state index contributed by atoms with van der Waals surface area (Å²) in [4.78, 5) is 17.2. The summed E-state index contributed by atoms with van der Waals surface area (Å²) < 4.78 is 33.8. The van der Waals surface area contributed by atoms with Gasteiger partial charge in [-0.15, -0.1) is 0 Å². The van der Waals surface area contributed by atoms with E-state index in [4.69, 9.17) is 44.7 Å². The van der Waals surface area contributed by atoms with E-state index in [0.717, 1.165) is 19.6 Å². The fraction of sp³-hybridized carbons (Fsp3) is 0.929. The van der Waals surface area contributed by atoms with Crippen LogP contribution in [0.3, 0.4) is 0 Å². The molecule has 14 unspecified atom stereocenters. The van der Waals surface area contributed by atoms with Crippen molar-refractivity contribution in [2.45, 2.75) is 107 Å². The second-order valence-corrected chi connectivity index (χ2v) is 11.4. The smallest absolute Gasteiger partial charge is 0.217 e. The van der Waals surface area contributed by atoms with Crippen LogP contribution in [0.5, 0.6) is 0 Å². The van der Waals surface area contributed by atoms with E-state index in [1.165, 1.54) is 0 Å². The first-order valence-corrected chi connectivity index (χ1v) is 15.7. The zero-order valence-electron chi connectivity index (χ0n) is 27.0.